The van der Waals surface area contributed by atoms with Crippen molar-refractivity contribution in [2.75, 3.05) is 27.2 Å². The van der Waals surface area contributed by atoms with Gasteiger partial charge in [0.2, 0.25) is 5.91 Å². The number of nitrogens with one attached hydrogen (secondary N) is 1. The van der Waals surface area contributed by atoms with E-state index in [1.54, 1.807) is 0 Å². The molecule has 1 fully saturated rings. The smallest absolute Gasteiger partial charge is 0.223 e. The Balaban J connectivity index is 2.49. The number of hydrogen-bond donors (Lipinski definition) is 1. The summed E-state index contributed by atoms with van der Waals surface area (Å²) in [4.78, 5) is 13.8. The lowest BCUT2D eigenvalue weighted by Gasteiger charge is -2.54. The maximum absolute atomic E-state index is 11.9. The van der Waals surface area contributed by atoms with Gasteiger partial charge in [-0.3, -0.25) is 4.79 Å². The molecule has 0 aliphatic heterocycles. The van der Waals surface area contributed by atoms with Crippen molar-refractivity contribution >= 4 is 5.91 Å². The van der Waals surface area contributed by atoms with Crippen molar-refractivity contribution in [3.63, 3.8) is 0 Å². The number of carbonyl (C=O) groups is 1. The molecule has 4 heteroatoms. The quantitative estimate of drug-likeness (QED) is 0.762. The van der Waals surface area contributed by atoms with Crippen LogP contribution in [0.4, 0.5) is 0 Å². The highest BCUT2D eigenvalue weighted by atomic mass is 16.5. The lowest BCUT2D eigenvalue weighted by Crippen LogP contribution is -2.62. The first-order valence-electron chi connectivity index (χ1n) is 6.47. The Hall–Kier alpha value is -0.610. The molecule has 0 radical (unpaired) electrons. The maximum Gasteiger partial charge on any atom is 0.223 e. The van der Waals surface area contributed by atoms with E-state index >= 15 is 0 Å². The zero-order chi connectivity index (χ0) is 13.1. The molecule has 0 aromatic rings. The Morgan fingerprint density at radius 3 is 2.65 bits per heavy atom. The van der Waals surface area contributed by atoms with Gasteiger partial charge in [-0.2, -0.15) is 0 Å². The normalized spacial score (nSPS) is 26.4. The minimum Gasteiger partial charge on any atom is -0.378 e. The van der Waals surface area contributed by atoms with E-state index in [0.717, 1.165) is 19.6 Å². The molecule has 0 aromatic heterocycles. The average molecular weight is 242 g/mol. The van der Waals surface area contributed by atoms with E-state index in [1.807, 2.05) is 25.9 Å². The molecule has 1 amide bonds. The number of amides is 1. The summed E-state index contributed by atoms with van der Waals surface area (Å²) >= 11 is 0. The van der Waals surface area contributed by atoms with Gasteiger partial charge in [0.15, 0.2) is 0 Å². The molecule has 1 rings (SSSR count). The molecular weight excluding hydrogens is 216 g/mol. The summed E-state index contributed by atoms with van der Waals surface area (Å²) in [5, 5.41) is 3.01. The zero-order valence-electron chi connectivity index (χ0n) is 11.7. The molecule has 2 unspecified atom stereocenters. The molecule has 0 bridgehead atoms. The summed E-state index contributed by atoms with van der Waals surface area (Å²) in [7, 11) is 3.78. The van der Waals surface area contributed by atoms with Crippen LogP contribution in [-0.4, -0.2) is 50.2 Å². The molecule has 1 N–H and O–H groups in total. The van der Waals surface area contributed by atoms with Crippen molar-refractivity contribution in [1.29, 1.82) is 0 Å². The standard InChI is InChI=1S/C13H26N2O2/c1-6-17-11-9-10(13(11,2)3)15(5)12(16)7-8-14-4/h10-11,14H,6-9H2,1-5H3. The predicted molar refractivity (Wildman–Crippen MR) is 68.9 cm³/mol. The first-order valence-corrected chi connectivity index (χ1v) is 6.47. The molecule has 100 valence electrons. The van der Waals surface area contributed by atoms with Crippen LogP contribution in [0.1, 0.15) is 33.6 Å². The van der Waals surface area contributed by atoms with Crippen LogP contribution in [0.25, 0.3) is 0 Å². The lowest BCUT2D eigenvalue weighted by atomic mass is 9.63. The van der Waals surface area contributed by atoms with Crippen LogP contribution in [0.2, 0.25) is 0 Å². The van der Waals surface area contributed by atoms with Crippen LogP contribution >= 0.6 is 0 Å². The summed E-state index contributed by atoms with van der Waals surface area (Å²) in [5.41, 5.74) is 0.0695. The third kappa shape index (κ3) is 2.99. The summed E-state index contributed by atoms with van der Waals surface area (Å²) in [6, 6.07) is 0.309. The van der Waals surface area contributed by atoms with E-state index in [1.165, 1.54) is 0 Å². The van der Waals surface area contributed by atoms with E-state index in [2.05, 4.69) is 19.2 Å². The van der Waals surface area contributed by atoms with E-state index < -0.39 is 0 Å². The number of nitrogens with zero attached hydrogens (tertiary/aromatic N) is 1. The Labute approximate surface area is 105 Å². The molecule has 4 nitrogen and oxygen atoms in total. The van der Waals surface area contributed by atoms with E-state index in [9.17, 15) is 4.79 Å². The van der Waals surface area contributed by atoms with Crippen LogP contribution in [0.15, 0.2) is 0 Å². The van der Waals surface area contributed by atoms with Crippen molar-refractivity contribution in [2.45, 2.75) is 45.8 Å². The lowest BCUT2D eigenvalue weighted by molar-refractivity contribution is -0.163. The molecule has 17 heavy (non-hydrogen) atoms. The maximum atomic E-state index is 11.9. The minimum absolute atomic E-state index is 0.0695. The van der Waals surface area contributed by atoms with Crippen LogP contribution in [0, 0.1) is 5.41 Å². The van der Waals surface area contributed by atoms with Gasteiger partial charge < -0.3 is 15.0 Å². The largest absolute Gasteiger partial charge is 0.378 e. The van der Waals surface area contributed by atoms with Gasteiger partial charge in [-0.15, -0.1) is 0 Å². The highest BCUT2D eigenvalue weighted by molar-refractivity contribution is 5.76. The molecule has 2 atom stereocenters. The van der Waals surface area contributed by atoms with Crippen molar-refractivity contribution in [1.82, 2.24) is 10.2 Å². The number of ether oxygens (including phenoxy) is 1. The van der Waals surface area contributed by atoms with Gasteiger partial charge in [0.1, 0.15) is 0 Å². The molecule has 0 saturated heterocycles. The Morgan fingerprint density at radius 2 is 2.18 bits per heavy atom. The zero-order valence-corrected chi connectivity index (χ0v) is 11.7. The first-order chi connectivity index (χ1) is 7.95. The average Bonchev–Trinajstić information content (AvgIpc) is 2.30. The third-order valence-electron chi connectivity index (χ3n) is 3.94. The fourth-order valence-electron chi connectivity index (χ4n) is 2.59. The van der Waals surface area contributed by atoms with E-state index in [4.69, 9.17) is 4.74 Å². The van der Waals surface area contributed by atoms with Crippen molar-refractivity contribution in [3.8, 4) is 0 Å². The second-order valence-corrected chi connectivity index (χ2v) is 5.38. The highest BCUT2D eigenvalue weighted by Crippen LogP contribution is 2.45. The molecule has 0 heterocycles. The second-order valence-electron chi connectivity index (χ2n) is 5.38. The fourth-order valence-corrected chi connectivity index (χ4v) is 2.59. The van der Waals surface area contributed by atoms with Gasteiger partial charge >= 0.3 is 0 Å². The third-order valence-corrected chi connectivity index (χ3v) is 3.94. The van der Waals surface area contributed by atoms with Gasteiger partial charge in [-0.1, -0.05) is 13.8 Å². The van der Waals surface area contributed by atoms with E-state index in [0.29, 0.717) is 12.5 Å². The van der Waals surface area contributed by atoms with Crippen LogP contribution in [0.5, 0.6) is 0 Å². The Kier molecular flexibility index (Phi) is 4.95. The second kappa shape index (κ2) is 5.83. The van der Waals surface area contributed by atoms with E-state index in [-0.39, 0.29) is 17.4 Å². The minimum atomic E-state index is 0.0695. The number of carbonyl (C=O) groups excluding carboxylic acids is 1. The number of rotatable bonds is 6. The van der Waals surface area contributed by atoms with Gasteiger partial charge in [-0.25, -0.2) is 0 Å². The molecule has 0 aromatic carbocycles. The van der Waals surface area contributed by atoms with Gasteiger partial charge in [0.05, 0.1) is 6.10 Å². The van der Waals surface area contributed by atoms with Crippen molar-refractivity contribution in [2.24, 2.45) is 5.41 Å². The van der Waals surface area contributed by atoms with Gasteiger partial charge in [0, 0.05) is 38.1 Å². The molecule has 1 saturated carbocycles. The first kappa shape index (κ1) is 14.5. The summed E-state index contributed by atoms with van der Waals surface area (Å²) in [5.74, 6) is 0.215. The Morgan fingerprint density at radius 1 is 1.53 bits per heavy atom. The SMILES string of the molecule is CCOC1CC(N(C)C(=O)CCNC)C1(C)C. The molecule has 0 spiro atoms. The van der Waals surface area contributed by atoms with Crippen LogP contribution < -0.4 is 5.32 Å². The molecular formula is C13H26N2O2. The van der Waals surface area contributed by atoms with Crippen molar-refractivity contribution in [3.05, 3.63) is 0 Å². The summed E-state index contributed by atoms with van der Waals surface area (Å²) < 4.78 is 5.68. The predicted octanol–water partition coefficient (Wildman–Crippen LogP) is 1.26. The van der Waals surface area contributed by atoms with Crippen LogP contribution in [-0.2, 0) is 9.53 Å². The van der Waals surface area contributed by atoms with Crippen molar-refractivity contribution < 1.29 is 9.53 Å². The van der Waals surface area contributed by atoms with Gasteiger partial charge in [-0.05, 0) is 20.4 Å². The molecule has 1 aliphatic rings. The Bertz CT molecular complexity index is 266. The van der Waals surface area contributed by atoms with Gasteiger partial charge in [0.25, 0.3) is 0 Å². The highest BCUT2D eigenvalue weighted by Gasteiger charge is 2.51. The summed E-state index contributed by atoms with van der Waals surface area (Å²) in [6.07, 6.45) is 1.82. The number of hydrogen-bond acceptors (Lipinski definition) is 3. The van der Waals surface area contributed by atoms with Crippen LogP contribution in [0.3, 0.4) is 0 Å². The molecule has 1 aliphatic carbocycles. The monoisotopic (exact) mass is 242 g/mol. The summed E-state index contributed by atoms with van der Waals surface area (Å²) in [6.45, 7) is 7.88. The topological polar surface area (TPSA) is 41.6 Å². The fraction of sp³-hybridized carbons (Fsp3) is 0.923.